The second-order valence-corrected chi connectivity index (χ2v) is 4.98. The Morgan fingerprint density at radius 2 is 2.21 bits per heavy atom. The first-order valence-corrected chi connectivity index (χ1v) is 6.17. The van der Waals surface area contributed by atoms with E-state index in [0.717, 1.165) is 21.2 Å². The number of fused-ring (bicyclic) bond motifs is 1. The zero-order chi connectivity index (χ0) is 10.1. The highest BCUT2D eigenvalue weighted by Crippen LogP contribution is 2.29. The highest BCUT2D eigenvalue weighted by Gasteiger charge is 2.06. The van der Waals surface area contributed by atoms with Gasteiger partial charge in [-0.2, -0.15) is 5.26 Å². The Balaban J connectivity index is 2.80. The van der Waals surface area contributed by atoms with Gasteiger partial charge in [0.15, 0.2) is 0 Å². The fourth-order valence-electron chi connectivity index (χ4n) is 1.50. The van der Waals surface area contributed by atoms with Crippen LogP contribution < -0.4 is 0 Å². The topological polar surface area (TPSA) is 23.8 Å². The predicted octanol–water partition coefficient (Wildman–Crippen LogP) is 3.98. The van der Waals surface area contributed by atoms with Crippen LogP contribution in [0, 0.1) is 18.3 Å². The number of nitrogens with zero attached hydrogens (tertiary/aromatic N) is 1. The quantitative estimate of drug-likeness (QED) is 0.716. The average Bonchev–Trinajstić information content (AvgIpc) is 2.56. The van der Waals surface area contributed by atoms with Crippen molar-refractivity contribution in [2.75, 3.05) is 0 Å². The molecule has 14 heavy (non-hydrogen) atoms. The molecule has 2 aromatic rings. The molecule has 0 N–H and O–H groups in total. The molecule has 0 saturated carbocycles. The fraction of sp³-hybridized carbons (Fsp3) is 0.182. The molecule has 0 aliphatic rings. The predicted molar refractivity (Wildman–Crippen MR) is 63.9 cm³/mol. The number of hydrogen-bond donors (Lipinski definition) is 0. The second-order valence-electron chi connectivity index (χ2n) is 3.16. The standard InChI is InChI=1S/C11H8BrNS/c1-7-2-9-3-8(5-12)4-10(6-13)11(9)14-7/h2-4H,5H2,1H3. The molecule has 70 valence electrons. The molecule has 1 nitrogen and oxygen atoms in total. The van der Waals surface area contributed by atoms with Crippen LogP contribution in [0.25, 0.3) is 10.1 Å². The van der Waals surface area contributed by atoms with E-state index < -0.39 is 0 Å². The Labute approximate surface area is 95.1 Å². The number of rotatable bonds is 1. The van der Waals surface area contributed by atoms with Gasteiger partial charge in [0.2, 0.25) is 0 Å². The van der Waals surface area contributed by atoms with Crippen molar-refractivity contribution in [3.05, 3.63) is 34.2 Å². The van der Waals surface area contributed by atoms with Gasteiger partial charge in [0.1, 0.15) is 6.07 Å². The highest BCUT2D eigenvalue weighted by molar-refractivity contribution is 9.08. The highest BCUT2D eigenvalue weighted by atomic mass is 79.9. The van der Waals surface area contributed by atoms with Gasteiger partial charge in [-0.1, -0.05) is 15.9 Å². The van der Waals surface area contributed by atoms with Gasteiger partial charge in [-0.25, -0.2) is 0 Å². The summed E-state index contributed by atoms with van der Waals surface area (Å²) < 4.78 is 1.11. The van der Waals surface area contributed by atoms with E-state index in [1.807, 2.05) is 6.07 Å². The summed E-state index contributed by atoms with van der Waals surface area (Å²) in [6.07, 6.45) is 0. The first-order chi connectivity index (χ1) is 6.74. The van der Waals surface area contributed by atoms with E-state index in [2.05, 4.69) is 41.1 Å². The van der Waals surface area contributed by atoms with Crippen LogP contribution in [0.4, 0.5) is 0 Å². The molecule has 0 spiro atoms. The smallest absolute Gasteiger partial charge is 0.101 e. The number of aryl methyl sites for hydroxylation is 1. The molecule has 2 rings (SSSR count). The third-order valence-corrected chi connectivity index (χ3v) is 3.82. The molecule has 0 saturated heterocycles. The van der Waals surface area contributed by atoms with Crippen molar-refractivity contribution in [3.8, 4) is 6.07 Å². The Kier molecular flexibility index (Phi) is 2.58. The van der Waals surface area contributed by atoms with Gasteiger partial charge in [-0.3, -0.25) is 0 Å². The fourth-order valence-corrected chi connectivity index (χ4v) is 2.79. The lowest BCUT2D eigenvalue weighted by Gasteiger charge is -1.97. The SMILES string of the molecule is Cc1cc2cc(CBr)cc(C#N)c2s1. The minimum Gasteiger partial charge on any atom is -0.192 e. The number of benzene rings is 1. The molecule has 0 unspecified atom stereocenters. The molecular formula is C11H8BrNS. The van der Waals surface area contributed by atoms with E-state index in [1.165, 1.54) is 10.3 Å². The Bertz CT molecular complexity index is 522. The third kappa shape index (κ3) is 1.56. The summed E-state index contributed by atoms with van der Waals surface area (Å²) >= 11 is 5.09. The molecule has 3 heteroatoms. The maximum absolute atomic E-state index is 9.01. The van der Waals surface area contributed by atoms with Gasteiger partial charge in [0.05, 0.1) is 10.3 Å². The van der Waals surface area contributed by atoms with Crippen LogP contribution >= 0.6 is 27.3 Å². The summed E-state index contributed by atoms with van der Waals surface area (Å²) in [4.78, 5) is 1.25. The van der Waals surface area contributed by atoms with Crippen molar-refractivity contribution in [3.63, 3.8) is 0 Å². The first-order valence-electron chi connectivity index (χ1n) is 4.23. The maximum Gasteiger partial charge on any atom is 0.101 e. The number of nitriles is 1. The summed E-state index contributed by atoms with van der Waals surface area (Å²) in [7, 11) is 0. The molecule has 0 bridgehead atoms. The molecule has 0 aliphatic carbocycles. The number of thiophene rings is 1. The zero-order valence-electron chi connectivity index (χ0n) is 7.67. The molecule has 0 aliphatic heterocycles. The van der Waals surface area contributed by atoms with Crippen LogP contribution in [0.15, 0.2) is 18.2 Å². The molecular weight excluding hydrogens is 258 g/mol. The lowest BCUT2D eigenvalue weighted by molar-refractivity contribution is 1.44. The lowest BCUT2D eigenvalue weighted by Crippen LogP contribution is -1.80. The molecule has 1 aromatic heterocycles. The minimum absolute atomic E-state index is 0.787. The van der Waals surface area contributed by atoms with Gasteiger partial charge < -0.3 is 0 Å². The summed E-state index contributed by atoms with van der Waals surface area (Å²) in [5.41, 5.74) is 1.95. The second kappa shape index (κ2) is 3.72. The van der Waals surface area contributed by atoms with Crippen LogP contribution in [-0.2, 0) is 5.33 Å². The van der Waals surface area contributed by atoms with Crippen LogP contribution in [0.1, 0.15) is 16.0 Å². The molecule has 0 amide bonds. The van der Waals surface area contributed by atoms with E-state index in [0.29, 0.717) is 0 Å². The van der Waals surface area contributed by atoms with E-state index in [9.17, 15) is 0 Å². The van der Waals surface area contributed by atoms with Gasteiger partial charge in [-0.15, -0.1) is 11.3 Å². The van der Waals surface area contributed by atoms with Gasteiger partial charge in [0.25, 0.3) is 0 Å². The monoisotopic (exact) mass is 265 g/mol. The van der Waals surface area contributed by atoms with E-state index >= 15 is 0 Å². The van der Waals surface area contributed by atoms with E-state index in [-0.39, 0.29) is 0 Å². The number of halogens is 1. The third-order valence-electron chi connectivity index (χ3n) is 2.07. The number of hydrogen-bond acceptors (Lipinski definition) is 2. The van der Waals surface area contributed by atoms with Gasteiger partial charge in [0, 0.05) is 10.2 Å². The zero-order valence-corrected chi connectivity index (χ0v) is 10.1. The van der Waals surface area contributed by atoms with Crippen molar-refractivity contribution < 1.29 is 0 Å². The van der Waals surface area contributed by atoms with Crippen LogP contribution in [-0.4, -0.2) is 0 Å². The lowest BCUT2D eigenvalue weighted by atomic mass is 10.1. The summed E-state index contributed by atoms with van der Waals surface area (Å²) in [5, 5.41) is 11.0. The Morgan fingerprint density at radius 3 is 2.86 bits per heavy atom. The summed E-state index contributed by atoms with van der Waals surface area (Å²) in [5.74, 6) is 0. The molecule has 0 fully saturated rings. The van der Waals surface area contributed by atoms with Gasteiger partial charge in [-0.05, 0) is 36.1 Å². The Hall–Kier alpha value is -0.850. The van der Waals surface area contributed by atoms with E-state index in [1.54, 1.807) is 11.3 Å². The molecule has 0 radical (unpaired) electrons. The number of alkyl halides is 1. The maximum atomic E-state index is 9.01. The first kappa shape index (κ1) is 9.70. The van der Waals surface area contributed by atoms with Crippen molar-refractivity contribution in [1.29, 1.82) is 5.26 Å². The van der Waals surface area contributed by atoms with Crippen LogP contribution in [0.2, 0.25) is 0 Å². The van der Waals surface area contributed by atoms with Crippen molar-refractivity contribution in [2.45, 2.75) is 12.3 Å². The van der Waals surface area contributed by atoms with E-state index in [4.69, 9.17) is 5.26 Å². The van der Waals surface area contributed by atoms with Crippen molar-refractivity contribution in [2.24, 2.45) is 0 Å². The van der Waals surface area contributed by atoms with Crippen LogP contribution in [0.5, 0.6) is 0 Å². The van der Waals surface area contributed by atoms with Crippen molar-refractivity contribution >= 4 is 37.4 Å². The minimum atomic E-state index is 0.787. The largest absolute Gasteiger partial charge is 0.192 e. The normalized spacial score (nSPS) is 10.4. The molecule has 0 atom stereocenters. The molecule has 1 aromatic carbocycles. The average molecular weight is 266 g/mol. The Morgan fingerprint density at radius 1 is 1.43 bits per heavy atom. The van der Waals surface area contributed by atoms with Gasteiger partial charge >= 0.3 is 0 Å². The summed E-state index contributed by atoms with van der Waals surface area (Å²) in [6, 6.07) is 8.46. The van der Waals surface area contributed by atoms with Crippen molar-refractivity contribution in [1.82, 2.24) is 0 Å². The molecule has 1 heterocycles. The summed E-state index contributed by atoms with van der Waals surface area (Å²) in [6.45, 7) is 2.07. The van der Waals surface area contributed by atoms with Crippen LogP contribution in [0.3, 0.4) is 0 Å².